The molecule has 0 aliphatic carbocycles. The van der Waals surface area contributed by atoms with E-state index < -0.39 is 9.84 Å². The second-order valence-electron chi connectivity index (χ2n) is 4.17. The summed E-state index contributed by atoms with van der Waals surface area (Å²) in [5.74, 6) is 0.635. The minimum Gasteiger partial charge on any atom is -0.338 e. The van der Waals surface area contributed by atoms with Gasteiger partial charge in [0, 0.05) is 11.8 Å². The Morgan fingerprint density at radius 3 is 2.68 bits per heavy atom. The first kappa shape index (κ1) is 11.8. The van der Waals surface area contributed by atoms with Gasteiger partial charge in [-0.3, -0.25) is 0 Å². The smallest absolute Gasteiger partial charge is 0.175 e. The molecule has 3 aromatic rings. The van der Waals surface area contributed by atoms with Gasteiger partial charge in [0.05, 0.1) is 28.3 Å². The van der Waals surface area contributed by atoms with Crippen molar-refractivity contribution in [1.29, 1.82) is 0 Å². The molecule has 6 nitrogen and oxygen atoms in total. The summed E-state index contributed by atoms with van der Waals surface area (Å²) in [4.78, 5) is 7.74. The minimum absolute atomic E-state index is 0.267. The molecule has 1 aromatic carbocycles. The summed E-state index contributed by atoms with van der Waals surface area (Å²) in [7, 11) is -3.22. The van der Waals surface area contributed by atoms with Crippen LogP contribution < -0.4 is 0 Å². The third-order valence-electron chi connectivity index (χ3n) is 2.74. The van der Waals surface area contributed by atoms with Crippen LogP contribution in [-0.4, -0.2) is 34.8 Å². The number of imidazole rings is 1. The molecule has 0 saturated carbocycles. The lowest BCUT2D eigenvalue weighted by Crippen LogP contribution is -1.96. The van der Waals surface area contributed by atoms with Gasteiger partial charge in [-0.05, 0) is 24.3 Å². The molecule has 0 saturated heterocycles. The van der Waals surface area contributed by atoms with E-state index in [-0.39, 0.29) is 4.90 Å². The Hall–Kier alpha value is -2.28. The summed E-state index contributed by atoms with van der Waals surface area (Å²) >= 11 is 0. The van der Waals surface area contributed by atoms with Gasteiger partial charge in [-0.1, -0.05) is 0 Å². The van der Waals surface area contributed by atoms with E-state index in [1.807, 2.05) is 0 Å². The Morgan fingerprint density at radius 1 is 1.16 bits per heavy atom. The fourth-order valence-corrected chi connectivity index (χ4v) is 2.43. The van der Waals surface area contributed by atoms with E-state index in [2.05, 4.69) is 20.2 Å². The third kappa shape index (κ3) is 2.19. The van der Waals surface area contributed by atoms with Crippen molar-refractivity contribution in [1.82, 2.24) is 20.2 Å². The molecule has 0 fully saturated rings. The first-order valence-electron chi connectivity index (χ1n) is 5.51. The zero-order valence-corrected chi connectivity index (χ0v) is 10.8. The molecule has 2 heterocycles. The SMILES string of the molecule is CS(=O)(=O)c1ccc2nc(-c3ccnnc3)[nH]c2c1. The van der Waals surface area contributed by atoms with Crippen LogP contribution in [-0.2, 0) is 9.84 Å². The maximum absolute atomic E-state index is 11.5. The van der Waals surface area contributed by atoms with Crippen molar-refractivity contribution < 1.29 is 8.42 Å². The van der Waals surface area contributed by atoms with Crippen molar-refractivity contribution in [2.24, 2.45) is 0 Å². The quantitative estimate of drug-likeness (QED) is 0.763. The second-order valence-corrected chi connectivity index (χ2v) is 6.18. The molecule has 19 heavy (non-hydrogen) atoms. The van der Waals surface area contributed by atoms with Crippen molar-refractivity contribution in [2.45, 2.75) is 4.90 Å². The number of hydrogen-bond acceptors (Lipinski definition) is 5. The lowest BCUT2D eigenvalue weighted by atomic mass is 10.3. The first-order valence-corrected chi connectivity index (χ1v) is 7.40. The van der Waals surface area contributed by atoms with Crippen LogP contribution in [0.1, 0.15) is 0 Å². The number of benzene rings is 1. The average molecular weight is 274 g/mol. The summed E-state index contributed by atoms with van der Waals surface area (Å²) in [6.07, 6.45) is 4.35. The van der Waals surface area contributed by atoms with Crippen LogP contribution in [0.4, 0.5) is 0 Å². The highest BCUT2D eigenvalue weighted by atomic mass is 32.2. The standard InChI is InChI=1S/C12H10N4O2S/c1-19(17,18)9-2-3-10-11(6-9)16-12(15-10)8-4-5-13-14-7-8/h2-7H,1H3,(H,15,16). The van der Waals surface area contributed by atoms with Crippen LogP contribution >= 0.6 is 0 Å². The number of rotatable bonds is 2. The zero-order valence-electron chi connectivity index (χ0n) is 10.0. The molecule has 1 N–H and O–H groups in total. The lowest BCUT2D eigenvalue weighted by Gasteiger charge is -1.96. The number of nitrogens with zero attached hydrogens (tertiary/aromatic N) is 3. The predicted octanol–water partition coefficient (Wildman–Crippen LogP) is 1.42. The third-order valence-corrected chi connectivity index (χ3v) is 3.85. The molecule has 0 amide bonds. The van der Waals surface area contributed by atoms with E-state index in [1.54, 1.807) is 36.7 Å². The Labute approximate surface area is 109 Å². The maximum Gasteiger partial charge on any atom is 0.175 e. The molecule has 0 aliphatic heterocycles. The van der Waals surface area contributed by atoms with Crippen LogP contribution in [0.5, 0.6) is 0 Å². The van der Waals surface area contributed by atoms with Gasteiger partial charge in [0.1, 0.15) is 5.82 Å². The van der Waals surface area contributed by atoms with Crippen LogP contribution in [0.15, 0.2) is 41.6 Å². The molecule has 0 radical (unpaired) electrons. The van der Waals surface area contributed by atoms with Gasteiger partial charge in [-0.2, -0.15) is 10.2 Å². The summed E-state index contributed by atoms with van der Waals surface area (Å²) < 4.78 is 23.0. The molecular weight excluding hydrogens is 264 g/mol. The molecule has 0 bridgehead atoms. The molecule has 0 unspecified atom stereocenters. The molecule has 0 aliphatic rings. The summed E-state index contributed by atoms with van der Waals surface area (Å²) in [5.41, 5.74) is 2.18. The first-order chi connectivity index (χ1) is 9.04. The van der Waals surface area contributed by atoms with Crippen LogP contribution in [0.2, 0.25) is 0 Å². The number of fused-ring (bicyclic) bond motifs is 1. The number of nitrogens with one attached hydrogen (secondary N) is 1. The van der Waals surface area contributed by atoms with E-state index in [0.29, 0.717) is 16.9 Å². The van der Waals surface area contributed by atoms with Crippen LogP contribution in [0.25, 0.3) is 22.4 Å². The Kier molecular flexibility index (Phi) is 2.56. The average Bonchev–Trinajstić information content (AvgIpc) is 2.81. The van der Waals surface area contributed by atoms with E-state index in [0.717, 1.165) is 5.56 Å². The molecule has 0 spiro atoms. The zero-order chi connectivity index (χ0) is 13.5. The lowest BCUT2D eigenvalue weighted by molar-refractivity contribution is 0.602. The maximum atomic E-state index is 11.5. The van der Waals surface area contributed by atoms with Gasteiger partial charge in [0.25, 0.3) is 0 Å². The van der Waals surface area contributed by atoms with Gasteiger partial charge < -0.3 is 4.98 Å². The number of hydrogen-bond donors (Lipinski definition) is 1. The highest BCUT2D eigenvalue weighted by Crippen LogP contribution is 2.21. The van der Waals surface area contributed by atoms with Crippen LogP contribution in [0.3, 0.4) is 0 Å². The predicted molar refractivity (Wildman–Crippen MR) is 70.2 cm³/mol. The molecule has 2 aromatic heterocycles. The van der Waals surface area contributed by atoms with Gasteiger partial charge in [0.2, 0.25) is 0 Å². The summed E-state index contributed by atoms with van der Waals surface area (Å²) in [5, 5.41) is 7.48. The van der Waals surface area contributed by atoms with Gasteiger partial charge in [-0.25, -0.2) is 13.4 Å². The molecule has 7 heteroatoms. The second kappa shape index (κ2) is 4.13. The molecule has 3 rings (SSSR count). The normalized spacial score (nSPS) is 11.8. The highest BCUT2D eigenvalue weighted by Gasteiger charge is 2.10. The topological polar surface area (TPSA) is 88.6 Å². The van der Waals surface area contributed by atoms with Gasteiger partial charge >= 0.3 is 0 Å². The molecule has 0 atom stereocenters. The van der Waals surface area contributed by atoms with E-state index in [4.69, 9.17) is 0 Å². The molecular formula is C12H10N4O2S. The van der Waals surface area contributed by atoms with Gasteiger partial charge in [0.15, 0.2) is 9.84 Å². The molecule has 96 valence electrons. The van der Waals surface area contributed by atoms with Gasteiger partial charge in [-0.15, -0.1) is 0 Å². The van der Waals surface area contributed by atoms with Crippen molar-refractivity contribution in [3.8, 4) is 11.4 Å². The largest absolute Gasteiger partial charge is 0.338 e. The van der Waals surface area contributed by atoms with Crippen molar-refractivity contribution >= 4 is 20.9 Å². The van der Waals surface area contributed by atoms with E-state index >= 15 is 0 Å². The van der Waals surface area contributed by atoms with E-state index in [1.165, 1.54) is 6.26 Å². The monoisotopic (exact) mass is 274 g/mol. The Bertz CT molecular complexity index is 841. The number of aromatic nitrogens is 4. The number of H-pyrrole nitrogens is 1. The Morgan fingerprint density at radius 2 is 2.00 bits per heavy atom. The fourth-order valence-electron chi connectivity index (χ4n) is 1.79. The Balaban J connectivity index is 2.17. The minimum atomic E-state index is -3.22. The number of aromatic amines is 1. The fraction of sp³-hybridized carbons (Fsp3) is 0.0833. The van der Waals surface area contributed by atoms with Crippen LogP contribution in [0, 0.1) is 0 Å². The van der Waals surface area contributed by atoms with Crippen molar-refractivity contribution in [3.63, 3.8) is 0 Å². The van der Waals surface area contributed by atoms with Crippen molar-refractivity contribution in [3.05, 3.63) is 36.7 Å². The summed E-state index contributed by atoms with van der Waals surface area (Å²) in [6, 6.07) is 6.59. The number of sulfone groups is 1. The highest BCUT2D eigenvalue weighted by molar-refractivity contribution is 7.90. The van der Waals surface area contributed by atoms with E-state index in [9.17, 15) is 8.42 Å². The summed E-state index contributed by atoms with van der Waals surface area (Å²) in [6.45, 7) is 0. The van der Waals surface area contributed by atoms with Crippen molar-refractivity contribution in [2.75, 3.05) is 6.26 Å².